The highest BCUT2D eigenvalue weighted by Crippen LogP contribution is 2.19. The van der Waals surface area contributed by atoms with Crippen LogP contribution in [-0.4, -0.2) is 57.3 Å². The van der Waals surface area contributed by atoms with Crippen LogP contribution < -0.4 is 5.32 Å². The molecule has 424 valence electrons. The number of hydrogen-bond acceptors (Lipinski definition) is 5. The number of carbonyl (C=O) groups excluding carboxylic acids is 1. The van der Waals surface area contributed by atoms with E-state index in [1.54, 1.807) is 0 Å². The van der Waals surface area contributed by atoms with Crippen LogP contribution >= 0.6 is 0 Å². The molecule has 1 amide bonds. The molecule has 5 N–H and O–H groups in total. The van der Waals surface area contributed by atoms with Crippen LogP contribution in [-0.2, 0) is 4.79 Å². The van der Waals surface area contributed by atoms with Crippen LogP contribution in [0.25, 0.3) is 0 Å². The highest BCUT2D eigenvalue weighted by molar-refractivity contribution is 5.80. The third-order valence-corrected chi connectivity index (χ3v) is 15.7. The predicted octanol–water partition coefficient (Wildman–Crippen LogP) is 19.6. The Bertz CT molecular complexity index is 1040. The van der Waals surface area contributed by atoms with Crippen LogP contribution in [0.5, 0.6) is 0 Å². The Labute approximate surface area is 444 Å². The van der Waals surface area contributed by atoms with Gasteiger partial charge in [0.05, 0.1) is 18.8 Å². The minimum Gasteiger partial charge on any atom is -0.394 e. The van der Waals surface area contributed by atoms with Gasteiger partial charge in [-0.2, -0.15) is 0 Å². The number of rotatable bonds is 61. The first-order chi connectivity index (χ1) is 35.0. The molecule has 0 fully saturated rings. The van der Waals surface area contributed by atoms with Crippen molar-refractivity contribution in [3.05, 3.63) is 12.2 Å². The zero-order valence-corrected chi connectivity index (χ0v) is 48.3. The molecule has 0 spiro atoms. The van der Waals surface area contributed by atoms with Gasteiger partial charge in [-0.15, -0.1) is 0 Å². The van der Waals surface area contributed by atoms with Gasteiger partial charge in [0.15, 0.2) is 0 Å². The molecule has 0 aliphatic carbocycles. The number of nitrogens with one attached hydrogen (secondary N) is 1. The van der Waals surface area contributed by atoms with Crippen LogP contribution in [0.2, 0.25) is 0 Å². The minimum absolute atomic E-state index is 0.369. The average Bonchev–Trinajstić information content (AvgIpc) is 3.38. The molecule has 0 saturated heterocycles. The summed E-state index contributed by atoms with van der Waals surface area (Å²) in [4.78, 5) is 12.6. The van der Waals surface area contributed by atoms with Crippen molar-refractivity contribution in [1.82, 2.24) is 5.32 Å². The number of aliphatic hydroxyl groups excluding tert-OH is 4. The Morgan fingerprint density at radius 2 is 0.577 bits per heavy atom. The zero-order chi connectivity index (χ0) is 51.6. The van der Waals surface area contributed by atoms with Gasteiger partial charge >= 0.3 is 0 Å². The van der Waals surface area contributed by atoms with E-state index in [0.29, 0.717) is 12.8 Å². The molecule has 0 rings (SSSR count). The van der Waals surface area contributed by atoms with Crippen LogP contribution in [0.3, 0.4) is 0 Å². The summed E-state index contributed by atoms with van der Waals surface area (Å²) in [5, 5.41) is 44.0. The standard InChI is InChI=1S/C65H129NO5/c1-3-5-7-9-11-13-15-17-19-21-22-23-24-25-26-27-28-29-30-31-32-33-34-35-36-37-38-39-40-41-43-45-47-49-51-53-55-57-59-63(69)65(71)66-61(60-67)64(70)62(68)58-56-54-52-50-48-46-44-42-20-18-16-14-12-10-8-6-4-2/h50,52,61-64,67-70H,3-49,51,53-60H2,1-2H3,(H,66,71)/b52-50+. The molecule has 6 heteroatoms. The third-order valence-electron chi connectivity index (χ3n) is 15.7. The summed E-state index contributed by atoms with van der Waals surface area (Å²) in [5.74, 6) is -0.586. The number of allylic oxidation sites excluding steroid dienone is 2. The summed E-state index contributed by atoms with van der Waals surface area (Å²) in [7, 11) is 0. The zero-order valence-electron chi connectivity index (χ0n) is 48.3. The maximum Gasteiger partial charge on any atom is 0.249 e. The molecule has 0 radical (unpaired) electrons. The molecule has 0 aromatic heterocycles. The Morgan fingerprint density at radius 1 is 0.338 bits per heavy atom. The van der Waals surface area contributed by atoms with E-state index in [-0.39, 0.29) is 0 Å². The van der Waals surface area contributed by atoms with Gasteiger partial charge < -0.3 is 25.7 Å². The van der Waals surface area contributed by atoms with Gasteiger partial charge in [0, 0.05) is 0 Å². The van der Waals surface area contributed by atoms with Gasteiger partial charge in [0.2, 0.25) is 5.91 Å². The monoisotopic (exact) mass is 1000 g/mol. The lowest BCUT2D eigenvalue weighted by molar-refractivity contribution is -0.132. The van der Waals surface area contributed by atoms with Crippen molar-refractivity contribution in [1.29, 1.82) is 0 Å². The molecule has 0 bridgehead atoms. The summed E-state index contributed by atoms with van der Waals surface area (Å²) >= 11 is 0. The lowest BCUT2D eigenvalue weighted by Crippen LogP contribution is -2.53. The molecule has 0 aliphatic rings. The van der Waals surface area contributed by atoms with E-state index in [1.807, 2.05) is 0 Å². The quantitative estimate of drug-likeness (QED) is 0.0308. The predicted molar refractivity (Wildman–Crippen MR) is 311 cm³/mol. The van der Waals surface area contributed by atoms with Gasteiger partial charge in [-0.1, -0.05) is 341 Å². The molecule has 4 atom stereocenters. The van der Waals surface area contributed by atoms with E-state index in [0.717, 1.165) is 38.5 Å². The highest BCUT2D eigenvalue weighted by Gasteiger charge is 2.28. The van der Waals surface area contributed by atoms with E-state index in [9.17, 15) is 25.2 Å². The number of hydrogen-bond donors (Lipinski definition) is 5. The Kier molecular flexibility index (Phi) is 59.1. The minimum atomic E-state index is -1.28. The highest BCUT2D eigenvalue weighted by atomic mass is 16.3. The molecule has 0 aliphatic heterocycles. The molecule has 4 unspecified atom stereocenters. The molecule has 0 aromatic carbocycles. The Balaban J connectivity index is 3.49. The topological polar surface area (TPSA) is 110 Å². The van der Waals surface area contributed by atoms with Gasteiger partial charge in [-0.25, -0.2) is 0 Å². The Hall–Kier alpha value is -0.950. The SMILES string of the molecule is CCCCCCCCCCCCCC/C=C/CCCC(O)C(O)C(CO)NC(=O)C(O)CCCCCCCCCCCCCCCCCCCCCCCCCCCCCCCCCCCCCCCC. The first kappa shape index (κ1) is 70.1. The van der Waals surface area contributed by atoms with Crippen LogP contribution in [0, 0.1) is 0 Å². The van der Waals surface area contributed by atoms with Crippen molar-refractivity contribution in [2.45, 2.75) is 391 Å². The first-order valence-corrected chi connectivity index (χ1v) is 32.6. The summed E-state index contributed by atoms with van der Waals surface area (Å²) in [6, 6.07) is -0.999. The molecule has 0 saturated carbocycles. The fourth-order valence-corrected chi connectivity index (χ4v) is 10.6. The Morgan fingerprint density at radius 3 is 0.845 bits per heavy atom. The maximum atomic E-state index is 12.6. The molecule has 0 aromatic rings. The number of aliphatic hydroxyl groups is 4. The molecule has 6 nitrogen and oxygen atoms in total. The third kappa shape index (κ3) is 53.7. The molecule has 0 heterocycles. The van der Waals surface area contributed by atoms with E-state index in [1.165, 1.54) is 302 Å². The summed E-state index contributed by atoms with van der Waals surface area (Å²) in [6.45, 7) is 4.09. The van der Waals surface area contributed by atoms with Crippen molar-refractivity contribution in [2.75, 3.05) is 6.61 Å². The summed E-state index contributed by atoms with van der Waals surface area (Å²) in [5.41, 5.74) is 0. The number of amides is 1. The van der Waals surface area contributed by atoms with Crippen molar-refractivity contribution >= 4 is 5.91 Å². The first-order valence-electron chi connectivity index (χ1n) is 32.6. The average molecular weight is 1000 g/mol. The second-order valence-corrected chi connectivity index (χ2v) is 22.8. The second-order valence-electron chi connectivity index (χ2n) is 22.8. The van der Waals surface area contributed by atoms with E-state index >= 15 is 0 Å². The van der Waals surface area contributed by atoms with Crippen molar-refractivity contribution in [3.8, 4) is 0 Å². The van der Waals surface area contributed by atoms with E-state index < -0.39 is 36.9 Å². The van der Waals surface area contributed by atoms with Crippen LogP contribution in [0.4, 0.5) is 0 Å². The molecular weight excluding hydrogens is 875 g/mol. The fraction of sp³-hybridized carbons (Fsp3) is 0.954. The number of carbonyl (C=O) groups is 1. The lowest BCUT2D eigenvalue weighted by Gasteiger charge is -2.27. The summed E-state index contributed by atoms with van der Waals surface area (Å²) < 4.78 is 0. The van der Waals surface area contributed by atoms with Gasteiger partial charge in [0.1, 0.15) is 12.2 Å². The maximum absolute atomic E-state index is 12.6. The number of unbranched alkanes of at least 4 members (excludes halogenated alkanes) is 50. The van der Waals surface area contributed by atoms with Crippen LogP contribution in [0.1, 0.15) is 367 Å². The van der Waals surface area contributed by atoms with E-state index in [4.69, 9.17) is 0 Å². The largest absolute Gasteiger partial charge is 0.394 e. The van der Waals surface area contributed by atoms with Gasteiger partial charge in [-0.05, 0) is 38.5 Å². The lowest BCUT2D eigenvalue weighted by atomic mass is 10.00. The summed E-state index contributed by atoms with van der Waals surface area (Å²) in [6.07, 6.45) is 73.4. The van der Waals surface area contributed by atoms with Crippen molar-refractivity contribution < 1.29 is 25.2 Å². The van der Waals surface area contributed by atoms with Crippen LogP contribution in [0.15, 0.2) is 12.2 Å². The van der Waals surface area contributed by atoms with Crippen molar-refractivity contribution in [2.24, 2.45) is 0 Å². The normalized spacial score (nSPS) is 13.6. The second kappa shape index (κ2) is 59.9. The van der Waals surface area contributed by atoms with Gasteiger partial charge in [-0.3, -0.25) is 4.79 Å². The van der Waals surface area contributed by atoms with Gasteiger partial charge in [0.25, 0.3) is 0 Å². The fourth-order valence-electron chi connectivity index (χ4n) is 10.6. The molecule has 71 heavy (non-hydrogen) atoms. The smallest absolute Gasteiger partial charge is 0.249 e. The van der Waals surface area contributed by atoms with E-state index in [2.05, 4.69) is 31.3 Å². The van der Waals surface area contributed by atoms with Crippen molar-refractivity contribution in [3.63, 3.8) is 0 Å². The molecular formula is C65H129NO5.